The maximum atomic E-state index is 13.3. The van der Waals surface area contributed by atoms with Gasteiger partial charge < -0.3 is 9.80 Å². The highest BCUT2D eigenvalue weighted by Crippen LogP contribution is 2.32. The lowest BCUT2D eigenvalue weighted by Crippen LogP contribution is -2.48. The van der Waals surface area contributed by atoms with Crippen LogP contribution in [0.3, 0.4) is 0 Å². The van der Waals surface area contributed by atoms with Gasteiger partial charge in [-0.15, -0.1) is 0 Å². The fourth-order valence-corrected chi connectivity index (χ4v) is 5.58. The molecule has 1 aliphatic heterocycles. The number of non-ortho nitro benzene ring substituents is 1. The van der Waals surface area contributed by atoms with E-state index in [1.165, 1.54) is 16.4 Å². The van der Waals surface area contributed by atoms with Crippen LogP contribution in [-0.4, -0.2) is 79.0 Å². The van der Waals surface area contributed by atoms with Crippen LogP contribution in [-0.2, 0) is 10.0 Å². The van der Waals surface area contributed by atoms with Gasteiger partial charge in [-0.25, -0.2) is 8.42 Å². The minimum Gasteiger partial charge on any atom is -0.369 e. The van der Waals surface area contributed by atoms with E-state index < -0.39 is 14.9 Å². The molecule has 1 saturated heterocycles. The Morgan fingerprint density at radius 2 is 1.74 bits per heavy atom. The summed E-state index contributed by atoms with van der Waals surface area (Å²) >= 11 is 6.78. The summed E-state index contributed by atoms with van der Waals surface area (Å²) < 4.78 is 28.1. The highest BCUT2D eigenvalue weighted by atomic mass is 79.9. The smallest absolute Gasteiger partial charge is 0.270 e. The number of nitrogens with zero attached hydrogens (tertiary/aromatic N) is 4. The lowest BCUT2D eigenvalue weighted by Gasteiger charge is -2.34. The van der Waals surface area contributed by atoms with Crippen molar-refractivity contribution in [2.45, 2.75) is 11.8 Å². The van der Waals surface area contributed by atoms with E-state index in [2.05, 4.69) is 36.8 Å². The lowest BCUT2D eigenvalue weighted by molar-refractivity contribution is -0.385. The topological polar surface area (TPSA) is 87.0 Å². The third-order valence-corrected chi connectivity index (χ3v) is 7.24. The zero-order valence-corrected chi connectivity index (χ0v) is 19.2. The van der Waals surface area contributed by atoms with E-state index in [4.69, 9.17) is 0 Å². The summed E-state index contributed by atoms with van der Waals surface area (Å²) in [7, 11) is -3.83. The van der Waals surface area contributed by atoms with Gasteiger partial charge in [-0.2, -0.15) is 4.31 Å². The molecule has 0 radical (unpaired) electrons. The molecule has 27 heavy (non-hydrogen) atoms. The van der Waals surface area contributed by atoms with Gasteiger partial charge in [0.2, 0.25) is 10.0 Å². The monoisotopic (exact) mass is 526 g/mol. The quantitative estimate of drug-likeness (QED) is 0.278. The van der Waals surface area contributed by atoms with Crippen molar-refractivity contribution in [3.63, 3.8) is 0 Å². The molecule has 0 spiro atoms. The van der Waals surface area contributed by atoms with Crippen molar-refractivity contribution in [2.75, 3.05) is 61.4 Å². The Balaban J connectivity index is 2.47. The molecule has 0 unspecified atom stereocenters. The Bertz CT molecular complexity index is 749. The first-order chi connectivity index (χ1) is 12.8. The van der Waals surface area contributed by atoms with Gasteiger partial charge >= 0.3 is 0 Å². The summed E-state index contributed by atoms with van der Waals surface area (Å²) in [5, 5.41) is 12.5. The number of sulfonamides is 1. The number of hydrogen-bond donors (Lipinski definition) is 0. The Hall–Kier alpha value is -0.750. The van der Waals surface area contributed by atoms with Crippen molar-refractivity contribution in [3.8, 4) is 0 Å². The maximum absolute atomic E-state index is 13.3. The highest BCUT2D eigenvalue weighted by molar-refractivity contribution is 9.09. The fourth-order valence-electron chi connectivity index (χ4n) is 3.07. The van der Waals surface area contributed by atoms with Gasteiger partial charge in [0, 0.05) is 62.1 Å². The van der Waals surface area contributed by atoms with E-state index in [1.807, 2.05) is 11.8 Å². The van der Waals surface area contributed by atoms with Crippen LogP contribution in [0, 0.1) is 10.1 Å². The molecule has 1 aromatic rings. The van der Waals surface area contributed by atoms with Crippen molar-refractivity contribution in [3.05, 3.63) is 28.3 Å². The van der Waals surface area contributed by atoms with E-state index in [1.54, 1.807) is 6.07 Å². The Kier molecular flexibility index (Phi) is 8.47. The number of nitro groups is 1. The summed E-state index contributed by atoms with van der Waals surface area (Å²) in [5.41, 5.74) is 0.277. The molecule has 0 saturated carbocycles. The van der Waals surface area contributed by atoms with Gasteiger partial charge in [0.05, 0.1) is 10.6 Å². The standard InChI is InChI=1S/C16H24Br2N4O4S/c1-2-19-9-11-21(12-10-19)27(25,26)16-13-14(22(23)24)3-4-15(16)20(7-5-17)8-6-18/h3-4,13H,2,5-12H2,1H3. The van der Waals surface area contributed by atoms with Gasteiger partial charge in [0.1, 0.15) is 4.90 Å². The predicted octanol–water partition coefficient (Wildman–Crippen LogP) is 2.52. The molecule has 0 N–H and O–H groups in total. The second-order valence-corrected chi connectivity index (χ2v) is 9.60. The SMILES string of the molecule is CCN1CCN(S(=O)(=O)c2cc([N+](=O)[O-])ccc2N(CCBr)CCBr)CC1. The molecule has 11 heteroatoms. The summed E-state index contributed by atoms with van der Waals surface area (Å²) in [4.78, 5) is 14.8. The number of halogens is 2. The lowest BCUT2D eigenvalue weighted by atomic mass is 10.2. The number of rotatable bonds is 9. The Morgan fingerprint density at radius 3 is 2.22 bits per heavy atom. The highest BCUT2D eigenvalue weighted by Gasteiger charge is 2.32. The van der Waals surface area contributed by atoms with E-state index >= 15 is 0 Å². The van der Waals surface area contributed by atoms with E-state index in [0.29, 0.717) is 55.6 Å². The summed E-state index contributed by atoms with van der Waals surface area (Å²) in [6.45, 7) is 6.19. The molecule has 0 aliphatic carbocycles. The van der Waals surface area contributed by atoms with Crippen molar-refractivity contribution in [2.24, 2.45) is 0 Å². The molecule has 0 bridgehead atoms. The first kappa shape index (κ1) is 22.5. The van der Waals surface area contributed by atoms with Gasteiger partial charge in [0.25, 0.3) is 5.69 Å². The number of nitro benzene ring substituents is 1. The van der Waals surface area contributed by atoms with Crippen molar-refractivity contribution < 1.29 is 13.3 Å². The molecule has 2 rings (SSSR count). The number of hydrogen-bond acceptors (Lipinski definition) is 6. The van der Waals surface area contributed by atoms with E-state index in [0.717, 1.165) is 6.54 Å². The number of piperazine rings is 1. The molecule has 1 aliphatic rings. The summed E-state index contributed by atoms with van der Waals surface area (Å²) in [5.74, 6) is 0. The zero-order valence-electron chi connectivity index (χ0n) is 15.2. The second-order valence-electron chi connectivity index (χ2n) is 6.11. The van der Waals surface area contributed by atoms with Crippen LogP contribution >= 0.6 is 31.9 Å². The van der Waals surface area contributed by atoms with Crippen LogP contribution < -0.4 is 4.90 Å². The first-order valence-electron chi connectivity index (χ1n) is 8.73. The molecule has 152 valence electrons. The van der Waals surface area contributed by atoms with Crippen LogP contribution in [0.5, 0.6) is 0 Å². The third kappa shape index (κ3) is 5.41. The van der Waals surface area contributed by atoms with Crippen LogP contribution in [0.4, 0.5) is 11.4 Å². The van der Waals surface area contributed by atoms with Crippen molar-refractivity contribution in [1.29, 1.82) is 0 Å². The summed E-state index contributed by atoms with van der Waals surface area (Å²) in [6, 6.07) is 4.09. The van der Waals surface area contributed by atoms with Crippen LogP contribution in [0.1, 0.15) is 6.92 Å². The molecule has 0 aromatic heterocycles. The first-order valence-corrected chi connectivity index (χ1v) is 12.4. The fraction of sp³-hybridized carbons (Fsp3) is 0.625. The Labute approximate surface area is 177 Å². The molecule has 1 aromatic carbocycles. The molecular formula is C16H24Br2N4O4S. The number of benzene rings is 1. The van der Waals surface area contributed by atoms with Gasteiger partial charge in [-0.1, -0.05) is 38.8 Å². The molecule has 0 amide bonds. The predicted molar refractivity (Wildman–Crippen MR) is 114 cm³/mol. The van der Waals surface area contributed by atoms with Crippen molar-refractivity contribution >= 4 is 53.3 Å². The molecule has 1 heterocycles. The number of alkyl halides is 2. The largest absolute Gasteiger partial charge is 0.369 e. The van der Waals surface area contributed by atoms with E-state index in [9.17, 15) is 18.5 Å². The van der Waals surface area contributed by atoms with Crippen molar-refractivity contribution in [1.82, 2.24) is 9.21 Å². The second kappa shape index (κ2) is 10.1. The van der Waals surface area contributed by atoms with E-state index in [-0.39, 0.29) is 10.6 Å². The van der Waals surface area contributed by atoms with Gasteiger partial charge in [-0.05, 0) is 12.6 Å². The van der Waals surface area contributed by atoms with Crippen LogP contribution in [0.2, 0.25) is 0 Å². The van der Waals surface area contributed by atoms with Crippen LogP contribution in [0.25, 0.3) is 0 Å². The average molecular weight is 528 g/mol. The van der Waals surface area contributed by atoms with Gasteiger partial charge in [-0.3, -0.25) is 10.1 Å². The third-order valence-electron chi connectivity index (χ3n) is 4.60. The average Bonchev–Trinajstić information content (AvgIpc) is 2.67. The minimum absolute atomic E-state index is 0.00329. The molecular weight excluding hydrogens is 504 g/mol. The molecule has 0 atom stereocenters. The maximum Gasteiger partial charge on any atom is 0.270 e. The Morgan fingerprint density at radius 1 is 1.15 bits per heavy atom. The summed E-state index contributed by atoms with van der Waals surface area (Å²) in [6.07, 6.45) is 0. The molecule has 8 nitrogen and oxygen atoms in total. The normalized spacial score (nSPS) is 16.4. The van der Waals surface area contributed by atoms with Crippen LogP contribution in [0.15, 0.2) is 23.1 Å². The minimum atomic E-state index is -3.83. The number of anilines is 1. The number of likely N-dealkylation sites (N-methyl/N-ethyl adjacent to an activating group) is 1. The zero-order chi connectivity index (χ0) is 20.0. The molecule has 1 fully saturated rings. The van der Waals surface area contributed by atoms with Gasteiger partial charge in [0.15, 0.2) is 0 Å².